The summed E-state index contributed by atoms with van der Waals surface area (Å²) in [7, 11) is 0. The maximum Gasteiger partial charge on any atom is 0.271 e. The maximum absolute atomic E-state index is 12.4. The van der Waals surface area contributed by atoms with E-state index in [0.717, 1.165) is 24.8 Å². The van der Waals surface area contributed by atoms with Gasteiger partial charge in [-0.1, -0.05) is 30.3 Å². The summed E-state index contributed by atoms with van der Waals surface area (Å²) >= 11 is 0. The minimum atomic E-state index is -0.269. The van der Waals surface area contributed by atoms with Gasteiger partial charge in [0.25, 0.3) is 5.91 Å². The molecule has 2 fully saturated rings. The molecule has 0 spiro atoms. The van der Waals surface area contributed by atoms with E-state index in [1.54, 1.807) is 11.0 Å². The molecule has 2 aliphatic heterocycles. The number of carbonyl (C=O) groups excluding carboxylic acids is 2. The minimum absolute atomic E-state index is 0.0542. The largest absolute Gasteiger partial charge is 0.325 e. The number of rotatable bonds is 1. The molecule has 98 valence electrons. The molecule has 2 aliphatic rings. The summed E-state index contributed by atoms with van der Waals surface area (Å²) in [6, 6.07) is 9.29. The van der Waals surface area contributed by atoms with Gasteiger partial charge in [0, 0.05) is 6.54 Å². The first-order chi connectivity index (χ1) is 9.25. The van der Waals surface area contributed by atoms with Crippen molar-refractivity contribution in [2.24, 2.45) is 0 Å². The zero-order valence-electron chi connectivity index (χ0n) is 10.6. The van der Waals surface area contributed by atoms with Crippen molar-refractivity contribution in [1.29, 1.82) is 0 Å². The zero-order chi connectivity index (χ0) is 13.2. The summed E-state index contributed by atoms with van der Waals surface area (Å²) in [6.07, 6.45) is 4.51. The van der Waals surface area contributed by atoms with Crippen molar-refractivity contribution in [3.05, 3.63) is 41.6 Å². The molecule has 1 atom stereocenters. The van der Waals surface area contributed by atoms with Gasteiger partial charge in [-0.2, -0.15) is 0 Å². The summed E-state index contributed by atoms with van der Waals surface area (Å²) < 4.78 is 0. The van der Waals surface area contributed by atoms with E-state index in [-0.39, 0.29) is 17.9 Å². The van der Waals surface area contributed by atoms with Crippen LogP contribution in [0.15, 0.2) is 36.0 Å². The molecule has 0 radical (unpaired) electrons. The Morgan fingerprint density at radius 2 is 1.95 bits per heavy atom. The van der Waals surface area contributed by atoms with Crippen LogP contribution < -0.4 is 5.32 Å². The minimum Gasteiger partial charge on any atom is -0.325 e. The standard InChI is InChI=1S/C15H16N2O2/c18-14-13-8-4-5-9-17(13)15(19)12(16-14)10-11-6-2-1-3-7-11/h1-3,6-7,10,13H,4-5,8-9H2,(H,16,18)/b12-10-. The summed E-state index contributed by atoms with van der Waals surface area (Å²) in [5.41, 5.74) is 1.30. The third-order valence-electron chi connectivity index (χ3n) is 3.67. The number of hydrogen-bond acceptors (Lipinski definition) is 2. The van der Waals surface area contributed by atoms with Crippen LogP contribution in [-0.4, -0.2) is 29.3 Å². The quantitative estimate of drug-likeness (QED) is 0.775. The van der Waals surface area contributed by atoms with Gasteiger partial charge in [-0.3, -0.25) is 9.59 Å². The van der Waals surface area contributed by atoms with E-state index < -0.39 is 0 Å². The Bertz CT molecular complexity index is 536. The highest BCUT2D eigenvalue weighted by atomic mass is 16.2. The van der Waals surface area contributed by atoms with Crippen LogP contribution in [0.2, 0.25) is 0 Å². The number of benzene rings is 1. The van der Waals surface area contributed by atoms with Gasteiger partial charge in [-0.25, -0.2) is 0 Å². The molecular weight excluding hydrogens is 240 g/mol. The van der Waals surface area contributed by atoms with E-state index in [2.05, 4.69) is 5.32 Å². The van der Waals surface area contributed by atoms with Crippen LogP contribution in [0, 0.1) is 0 Å². The lowest BCUT2D eigenvalue weighted by molar-refractivity contribution is -0.143. The second kappa shape index (κ2) is 4.88. The maximum atomic E-state index is 12.4. The molecule has 2 heterocycles. The Morgan fingerprint density at radius 3 is 2.74 bits per heavy atom. The smallest absolute Gasteiger partial charge is 0.271 e. The highest BCUT2D eigenvalue weighted by Gasteiger charge is 2.38. The van der Waals surface area contributed by atoms with Gasteiger partial charge in [-0.05, 0) is 30.9 Å². The van der Waals surface area contributed by atoms with Crippen molar-refractivity contribution in [3.63, 3.8) is 0 Å². The van der Waals surface area contributed by atoms with E-state index in [1.807, 2.05) is 30.3 Å². The predicted octanol–water partition coefficient (Wildman–Crippen LogP) is 1.54. The van der Waals surface area contributed by atoms with Crippen LogP contribution in [0.4, 0.5) is 0 Å². The first-order valence-corrected chi connectivity index (χ1v) is 6.64. The van der Waals surface area contributed by atoms with Gasteiger partial charge < -0.3 is 10.2 Å². The van der Waals surface area contributed by atoms with Crippen LogP contribution in [0.1, 0.15) is 24.8 Å². The predicted molar refractivity (Wildman–Crippen MR) is 71.9 cm³/mol. The van der Waals surface area contributed by atoms with Crippen molar-refractivity contribution in [2.75, 3.05) is 6.54 Å². The van der Waals surface area contributed by atoms with Gasteiger partial charge in [0.1, 0.15) is 11.7 Å². The first-order valence-electron chi connectivity index (χ1n) is 6.64. The molecule has 1 unspecified atom stereocenters. The number of nitrogens with one attached hydrogen (secondary N) is 1. The molecule has 0 bridgehead atoms. The van der Waals surface area contributed by atoms with Crippen molar-refractivity contribution >= 4 is 17.9 Å². The summed E-state index contributed by atoms with van der Waals surface area (Å²) in [4.78, 5) is 26.1. The van der Waals surface area contributed by atoms with Crippen LogP contribution in [0.3, 0.4) is 0 Å². The average Bonchev–Trinajstić information content (AvgIpc) is 2.46. The number of piperidine rings is 1. The fourth-order valence-corrected chi connectivity index (χ4v) is 2.69. The molecule has 1 aromatic rings. The fraction of sp³-hybridized carbons (Fsp3) is 0.333. The summed E-state index contributed by atoms with van der Waals surface area (Å²) in [5, 5.41) is 2.74. The average molecular weight is 256 g/mol. The molecule has 1 N–H and O–H groups in total. The molecule has 3 rings (SSSR count). The topological polar surface area (TPSA) is 49.4 Å². The number of fused-ring (bicyclic) bond motifs is 1. The number of amides is 2. The number of hydrogen-bond donors (Lipinski definition) is 1. The molecule has 0 aromatic heterocycles. The Labute approximate surface area is 112 Å². The Balaban J connectivity index is 1.89. The highest BCUT2D eigenvalue weighted by Crippen LogP contribution is 2.23. The fourth-order valence-electron chi connectivity index (χ4n) is 2.69. The van der Waals surface area contributed by atoms with E-state index in [1.165, 1.54) is 0 Å². The lowest BCUT2D eigenvalue weighted by Crippen LogP contribution is -2.58. The van der Waals surface area contributed by atoms with Crippen LogP contribution in [-0.2, 0) is 9.59 Å². The number of nitrogens with zero attached hydrogens (tertiary/aromatic N) is 1. The Hall–Kier alpha value is -2.10. The molecule has 19 heavy (non-hydrogen) atoms. The second-order valence-electron chi connectivity index (χ2n) is 4.97. The molecule has 2 saturated heterocycles. The first kappa shape index (κ1) is 12.0. The molecule has 0 saturated carbocycles. The van der Waals surface area contributed by atoms with Crippen molar-refractivity contribution in [2.45, 2.75) is 25.3 Å². The van der Waals surface area contributed by atoms with Gasteiger partial charge in [0.2, 0.25) is 5.91 Å². The Morgan fingerprint density at radius 1 is 1.16 bits per heavy atom. The van der Waals surface area contributed by atoms with Gasteiger partial charge in [-0.15, -0.1) is 0 Å². The monoisotopic (exact) mass is 256 g/mol. The molecule has 1 aromatic carbocycles. The van der Waals surface area contributed by atoms with E-state index in [9.17, 15) is 9.59 Å². The van der Waals surface area contributed by atoms with Crippen molar-refractivity contribution < 1.29 is 9.59 Å². The molecule has 4 heteroatoms. The van der Waals surface area contributed by atoms with Crippen LogP contribution >= 0.6 is 0 Å². The van der Waals surface area contributed by atoms with Crippen LogP contribution in [0.5, 0.6) is 0 Å². The van der Waals surface area contributed by atoms with Gasteiger partial charge in [0.05, 0.1) is 0 Å². The second-order valence-corrected chi connectivity index (χ2v) is 4.97. The SMILES string of the molecule is O=C1N/C(=C\c2ccccc2)C(=O)N2CCCCC12. The van der Waals surface area contributed by atoms with Crippen molar-refractivity contribution in [1.82, 2.24) is 10.2 Å². The normalized spacial score (nSPS) is 25.2. The number of carbonyl (C=O) groups is 2. The van der Waals surface area contributed by atoms with Gasteiger partial charge >= 0.3 is 0 Å². The summed E-state index contributed by atoms with van der Waals surface area (Å²) in [6.45, 7) is 0.684. The van der Waals surface area contributed by atoms with E-state index in [0.29, 0.717) is 12.2 Å². The summed E-state index contributed by atoms with van der Waals surface area (Å²) in [5.74, 6) is -0.116. The van der Waals surface area contributed by atoms with Crippen molar-refractivity contribution in [3.8, 4) is 0 Å². The number of piperazine rings is 1. The highest BCUT2D eigenvalue weighted by molar-refractivity contribution is 6.07. The molecule has 0 aliphatic carbocycles. The lowest BCUT2D eigenvalue weighted by atomic mass is 9.98. The van der Waals surface area contributed by atoms with E-state index in [4.69, 9.17) is 0 Å². The van der Waals surface area contributed by atoms with E-state index >= 15 is 0 Å². The van der Waals surface area contributed by atoms with Gasteiger partial charge in [0.15, 0.2) is 0 Å². The lowest BCUT2D eigenvalue weighted by Gasteiger charge is -2.39. The molecule has 2 amide bonds. The van der Waals surface area contributed by atoms with Crippen LogP contribution in [0.25, 0.3) is 6.08 Å². The Kier molecular flexibility index (Phi) is 3.07. The molecular formula is C15H16N2O2. The molecule has 4 nitrogen and oxygen atoms in total. The third kappa shape index (κ3) is 2.26. The third-order valence-corrected chi connectivity index (χ3v) is 3.67. The zero-order valence-corrected chi connectivity index (χ0v) is 10.6.